The predicted octanol–water partition coefficient (Wildman–Crippen LogP) is 3.19. The molecule has 1 aromatic heterocycles. The van der Waals surface area contributed by atoms with Crippen LogP contribution in [-0.2, 0) is 13.0 Å². The van der Waals surface area contributed by atoms with E-state index in [9.17, 15) is 0 Å². The summed E-state index contributed by atoms with van der Waals surface area (Å²) in [6.07, 6.45) is 3.02. The number of benzene rings is 1. The Bertz CT molecular complexity index is 545. The summed E-state index contributed by atoms with van der Waals surface area (Å²) in [7, 11) is 1.98. The summed E-state index contributed by atoms with van der Waals surface area (Å²) in [6.45, 7) is 6.91. The summed E-state index contributed by atoms with van der Waals surface area (Å²) in [5.74, 6) is 0.884. The zero-order valence-corrected chi connectivity index (χ0v) is 13.3. The SMILES string of the molecule is CNC(C)Cc1ccc(OCc2ccn(C(C)C)n2)cc1. The summed E-state index contributed by atoms with van der Waals surface area (Å²) in [5.41, 5.74) is 2.27. The minimum absolute atomic E-state index is 0.382. The Morgan fingerprint density at radius 1 is 1.14 bits per heavy atom. The molecule has 0 bridgehead atoms. The van der Waals surface area contributed by atoms with E-state index >= 15 is 0 Å². The standard InChI is InChI=1S/C17H25N3O/c1-13(2)20-10-9-16(19-20)12-21-17-7-5-15(6-8-17)11-14(3)18-4/h5-10,13-14,18H,11-12H2,1-4H3. The molecular formula is C17H25N3O. The van der Waals surface area contributed by atoms with E-state index in [1.807, 2.05) is 36.1 Å². The zero-order chi connectivity index (χ0) is 15.2. The van der Waals surface area contributed by atoms with Crippen molar-refractivity contribution >= 4 is 0 Å². The highest BCUT2D eigenvalue weighted by Gasteiger charge is 2.04. The molecule has 1 N–H and O–H groups in total. The van der Waals surface area contributed by atoms with Crippen molar-refractivity contribution in [3.63, 3.8) is 0 Å². The van der Waals surface area contributed by atoms with Gasteiger partial charge in [0.05, 0.1) is 5.69 Å². The van der Waals surface area contributed by atoms with Crippen LogP contribution in [0.2, 0.25) is 0 Å². The largest absolute Gasteiger partial charge is 0.487 e. The van der Waals surface area contributed by atoms with Gasteiger partial charge in [0.1, 0.15) is 12.4 Å². The molecule has 1 heterocycles. The molecule has 114 valence electrons. The van der Waals surface area contributed by atoms with Crippen LogP contribution in [0.5, 0.6) is 5.75 Å². The van der Waals surface area contributed by atoms with Crippen molar-refractivity contribution in [1.82, 2.24) is 15.1 Å². The number of rotatable bonds is 7. The Morgan fingerprint density at radius 3 is 2.43 bits per heavy atom. The molecule has 1 unspecified atom stereocenters. The first-order valence-electron chi connectivity index (χ1n) is 7.51. The molecule has 0 aliphatic rings. The summed E-state index contributed by atoms with van der Waals surface area (Å²) < 4.78 is 7.73. The van der Waals surface area contributed by atoms with Gasteiger partial charge >= 0.3 is 0 Å². The number of hydrogen-bond donors (Lipinski definition) is 1. The van der Waals surface area contributed by atoms with Crippen molar-refractivity contribution in [3.8, 4) is 5.75 Å². The molecule has 0 amide bonds. The van der Waals surface area contributed by atoms with Crippen molar-refractivity contribution in [1.29, 1.82) is 0 Å². The Hall–Kier alpha value is -1.81. The maximum Gasteiger partial charge on any atom is 0.132 e. The summed E-state index contributed by atoms with van der Waals surface area (Å²) in [5, 5.41) is 7.72. The molecule has 2 aromatic rings. The second-order valence-electron chi connectivity index (χ2n) is 5.71. The number of nitrogens with zero attached hydrogens (tertiary/aromatic N) is 2. The van der Waals surface area contributed by atoms with E-state index in [-0.39, 0.29) is 0 Å². The van der Waals surface area contributed by atoms with Crippen molar-refractivity contribution in [2.24, 2.45) is 0 Å². The monoisotopic (exact) mass is 287 g/mol. The van der Waals surface area contributed by atoms with Gasteiger partial charge in [0.2, 0.25) is 0 Å². The fourth-order valence-corrected chi connectivity index (χ4v) is 2.08. The second-order valence-corrected chi connectivity index (χ2v) is 5.71. The van der Waals surface area contributed by atoms with E-state index < -0.39 is 0 Å². The molecule has 0 spiro atoms. The van der Waals surface area contributed by atoms with E-state index in [2.05, 4.69) is 43.3 Å². The van der Waals surface area contributed by atoms with Crippen LogP contribution in [0.25, 0.3) is 0 Å². The van der Waals surface area contributed by atoms with E-state index in [1.165, 1.54) is 5.56 Å². The Morgan fingerprint density at radius 2 is 1.86 bits per heavy atom. The molecule has 2 rings (SSSR count). The molecule has 0 saturated heterocycles. The number of aromatic nitrogens is 2. The van der Waals surface area contributed by atoms with Gasteiger partial charge in [-0.05, 0) is 58.0 Å². The molecule has 4 nitrogen and oxygen atoms in total. The van der Waals surface area contributed by atoms with Gasteiger partial charge in [0.25, 0.3) is 0 Å². The van der Waals surface area contributed by atoms with Crippen LogP contribution in [0.4, 0.5) is 0 Å². The van der Waals surface area contributed by atoms with Gasteiger partial charge in [-0.15, -0.1) is 0 Å². The van der Waals surface area contributed by atoms with E-state index in [0.717, 1.165) is 17.9 Å². The third kappa shape index (κ3) is 4.60. The first-order valence-corrected chi connectivity index (χ1v) is 7.51. The van der Waals surface area contributed by atoms with Crippen LogP contribution in [0.15, 0.2) is 36.5 Å². The lowest BCUT2D eigenvalue weighted by Crippen LogP contribution is -2.23. The van der Waals surface area contributed by atoms with E-state index in [1.54, 1.807) is 0 Å². The van der Waals surface area contributed by atoms with Crippen LogP contribution in [0, 0.1) is 0 Å². The van der Waals surface area contributed by atoms with Gasteiger partial charge in [-0.2, -0.15) is 5.10 Å². The molecule has 0 aliphatic heterocycles. The summed E-state index contributed by atoms with van der Waals surface area (Å²) in [4.78, 5) is 0. The van der Waals surface area contributed by atoms with Crippen LogP contribution in [0.1, 0.15) is 38.1 Å². The zero-order valence-electron chi connectivity index (χ0n) is 13.3. The molecule has 1 aromatic carbocycles. The van der Waals surface area contributed by atoms with Gasteiger partial charge in [0.15, 0.2) is 0 Å². The Balaban J connectivity index is 1.88. The lowest BCUT2D eigenvalue weighted by atomic mass is 10.1. The number of nitrogens with one attached hydrogen (secondary N) is 1. The van der Waals surface area contributed by atoms with E-state index in [0.29, 0.717) is 18.7 Å². The van der Waals surface area contributed by atoms with Crippen LogP contribution >= 0.6 is 0 Å². The van der Waals surface area contributed by atoms with Gasteiger partial charge in [-0.3, -0.25) is 4.68 Å². The summed E-state index contributed by atoms with van der Waals surface area (Å²) >= 11 is 0. The molecule has 4 heteroatoms. The number of hydrogen-bond acceptors (Lipinski definition) is 3. The van der Waals surface area contributed by atoms with Crippen molar-refractivity contribution in [2.75, 3.05) is 7.05 Å². The lowest BCUT2D eigenvalue weighted by molar-refractivity contribution is 0.298. The van der Waals surface area contributed by atoms with Crippen LogP contribution in [0.3, 0.4) is 0 Å². The minimum Gasteiger partial charge on any atom is -0.487 e. The Kier molecular flexibility index (Phi) is 5.39. The molecule has 0 fully saturated rings. The number of likely N-dealkylation sites (N-methyl/N-ethyl adjacent to an activating group) is 1. The molecule has 0 radical (unpaired) electrons. The highest BCUT2D eigenvalue weighted by molar-refractivity contribution is 5.27. The first kappa shape index (κ1) is 15.6. The van der Waals surface area contributed by atoms with Gasteiger partial charge in [-0.1, -0.05) is 12.1 Å². The lowest BCUT2D eigenvalue weighted by Gasteiger charge is -2.10. The van der Waals surface area contributed by atoms with Crippen LogP contribution in [-0.4, -0.2) is 22.9 Å². The molecular weight excluding hydrogens is 262 g/mol. The third-order valence-corrected chi connectivity index (χ3v) is 3.54. The van der Waals surface area contributed by atoms with Crippen LogP contribution < -0.4 is 10.1 Å². The molecule has 0 aliphatic carbocycles. The normalized spacial score (nSPS) is 12.6. The molecule has 1 atom stereocenters. The molecule has 21 heavy (non-hydrogen) atoms. The average Bonchev–Trinajstić information content (AvgIpc) is 2.95. The van der Waals surface area contributed by atoms with Crippen molar-refractivity contribution < 1.29 is 4.74 Å². The number of ether oxygens (including phenoxy) is 1. The fraction of sp³-hybridized carbons (Fsp3) is 0.471. The van der Waals surface area contributed by atoms with E-state index in [4.69, 9.17) is 4.74 Å². The quantitative estimate of drug-likeness (QED) is 0.850. The minimum atomic E-state index is 0.382. The third-order valence-electron chi connectivity index (χ3n) is 3.54. The molecule has 0 saturated carbocycles. The van der Waals surface area contributed by atoms with Crippen molar-refractivity contribution in [2.45, 2.75) is 45.9 Å². The first-order chi connectivity index (χ1) is 10.1. The maximum atomic E-state index is 5.78. The predicted molar refractivity (Wildman–Crippen MR) is 85.6 cm³/mol. The highest BCUT2D eigenvalue weighted by Crippen LogP contribution is 2.15. The summed E-state index contributed by atoms with van der Waals surface area (Å²) in [6, 6.07) is 11.2. The second kappa shape index (κ2) is 7.27. The highest BCUT2D eigenvalue weighted by atomic mass is 16.5. The topological polar surface area (TPSA) is 39.1 Å². The average molecular weight is 287 g/mol. The smallest absolute Gasteiger partial charge is 0.132 e. The van der Waals surface area contributed by atoms with Gasteiger partial charge in [0, 0.05) is 18.3 Å². The van der Waals surface area contributed by atoms with Crippen molar-refractivity contribution in [3.05, 3.63) is 47.8 Å². The maximum absolute atomic E-state index is 5.78. The van der Waals surface area contributed by atoms with Gasteiger partial charge < -0.3 is 10.1 Å². The van der Waals surface area contributed by atoms with Gasteiger partial charge in [-0.25, -0.2) is 0 Å². The fourth-order valence-electron chi connectivity index (χ4n) is 2.08. The Labute approximate surface area is 127 Å².